The van der Waals surface area contributed by atoms with E-state index in [2.05, 4.69) is 22.2 Å². The number of piperazine rings is 1. The number of likely N-dealkylation sites (N-methyl/N-ethyl adjacent to an activating group) is 1. The first-order valence-electron chi connectivity index (χ1n) is 8.89. The van der Waals surface area contributed by atoms with Gasteiger partial charge in [-0.1, -0.05) is 29.8 Å². The normalized spacial score (nSPS) is 15.0. The number of amides is 1. The van der Waals surface area contributed by atoms with Crippen molar-refractivity contribution in [3.63, 3.8) is 0 Å². The number of para-hydroxylation sites is 2. The molecule has 2 aromatic carbocycles. The maximum atomic E-state index is 12.4. The molecule has 7 nitrogen and oxygen atoms in total. The van der Waals surface area contributed by atoms with Gasteiger partial charge in [0.25, 0.3) is 5.69 Å². The third-order valence-electron chi connectivity index (χ3n) is 4.60. The van der Waals surface area contributed by atoms with Crippen molar-refractivity contribution in [2.45, 2.75) is 0 Å². The highest BCUT2D eigenvalue weighted by Crippen LogP contribution is 2.27. The van der Waals surface area contributed by atoms with E-state index in [9.17, 15) is 14.9 Å². The van der Waals surface area contributed by atoms with Crippen molar-refractivity contribution in [1.29, 1.82) is 0 Å². The van der Waals surface area contributed by atoms with Crippen LogP contribution in [0, 0.1) is 10.1 Å². The number of rotatable bonds is 5. The van der Waals surface area contributed by atoms with Crippen LogP contribution in [0.2, 0.25) is 5.02 Å². The number of hydrogen-bond acceptors (Lipinski definition) is 5. The van der Waals surface area contributed by atoms with Crippen LogP contribution >= 0.6 is 11.6 Å². The van der Waals surface area contributed by atoms with E-state index in [4.69, 9.17) is 11.6 Å². The van der Waals surface area contributed by atoms with Gasteiger partial charge in [0.2, 0.25) is 5.91 Å². The summed E-state index contributed by atoms with van der Waals surface area (Å²) in [4.78, 5) is 27.3. The molecular weight excluding hydrogens is 380 g/mol. The van der Waals surface area contributed by atoms with Crippen molar-refractivity contribution < 1.29 is 9.72 Å². The molecule has 0 spiro atoms. The quantitative estimate of drug-likeness (QED) is 0.471. The number of anilines is 2. The summed E-state index contributed by atoms with van der Waals surface area (Å²) in [6.07, 6.45) is 2.88. The summed E-state index contributed by atoms with van der Waals surface area (Å²) in [7, 11) is 2.09. The highest BCUT2D eigenvalue weighted by atomic mass is 35.5. The zero-order chi connectivity index (χ0) is 20.1. The second-order valence-electron chi connectivity index (χ2n) is 6.60. The maximum absolute atomic E-state index is 12.4. The van der Waals surface area contributed by atoms with Crippen molar-refractivity contribution in [2.24, 2.45) is 0 Å². The lowest BCUT2D eigenvalue weighted by molar-refractivity contribution is -0.384. The molecule has 8 heteroatoms. The maximum Gasteiger partial charge on any atom is 0.288 e. The third-order valence-corrected chi connectivity index (χ3v) is 4.92. The van der Waals surface area contributed by atoms with Gasteiger partial charge >= 0.3 is 0 Å². The van der Waals surface area contributed by atoms with E-state index < -0.39 is 4.92 Å². The molecule has 0 unspecified atom stereocenters. The van der Waals surface area contributed by atoms with E-state index in [1.807, 2.05) is 24.3 Å². The highest BCUT2D eigenvalue weighted by molar-refractivity contribution is 6.32. The number of carbonyl (C=O) groups excluding carboxylic acids is 1. The molecule has 1 aliphatic heterocycles. The predicted octanol–water partition coefficient (Wildman–Crippen LogP) is 3.65. The minimum atomic E-state index is -0.550. The molecule has 1 fully saturated rings. The molecule has 0 saturated carbocycles. The summed E-state index contributed by atoms with van der Waals surface area (Å²) in [5, 5.41) is 13.9. The number of nitro benzene ring substituents is 1. The smallest absolute Gasteiger partial charge is 0.288 e. The molecule has 146 valence electrons. The van der Waals surface area contributed by atoms with Gasteiger partial charge in [-0.25, -0.2) is 0 Å². The number of carbonyl (C=O) groups is 1. The lowest BCUT2D eigenvalue weighted by Crippen LogP contribution is -2.44. The average molecular weight is 401 g/mol. The number of halogens is 1. The summed E-state index contributed by atoms with van der Waals surface area (Å²) < 4.78 is 0. The van der Waals surface area contributed by atoms with E-state index >= 15 is 0 Å². The first kappa shape index (κ1) is 19.9. The Hall–Kier alpha value is -2.90. The number of benzene rings is 2. The zero-order valence-electron chi connectivity index (χ0n) is 15.5. The molecule has 3 rings (SSSR count). The average Bonchev–Trinajstić information content (AvgIpc) is 2.68. The number of nitrogens with zero attached hydrogens (tertiary/aromatic N) is 3. The van der Waals surface area contributed by atoms with E-state index in [1.165, 1.54) is 24.3 Å². The van der Waals surface area contributed by atoms with Crippen LogP contribution in [-0.2, 0) is 4.79 Å². The van der Waals surface area contributed by atoms with Gasteiger partial charge in [0.05, 0.1) is 16.3 Å². The second-order valence-corrected chi connectivity index (χ2v) is 7.01. The largest absolute Gasteiger partial charge is 0.367 e. The zero-order valence-corrected chi connectivity index (χ0v) is 16.2. The van der Waals surface area contributed by atoms with E-state index in [0.717, 1.165) is 37.6 Å². The molecule has 1 aliphatic rings. The molecule has 0 aliphatic carbocycles. The Morgan fingerprint density at radius 1 is 1.18 bits per heavy atom. The van der Waals surface area contributed by atoms with Crippen LogP contribution in [0.15, 0.2) is 48.5 Å². The van der Waals surface area contributed by atoms with Crippen LogP contribution in [0.25, 0.3) is 6.08 Å². The van der Waals surface area contributed by atoms with Gasteiger partial charge in [-0.3, -0.25) is 14.9 Å². The van der Waals surface area contributed by atoms with Gasteiger partial charge in [-0.05, 0) is 36.9 Å². The van der Waals surface area contributed by atoms with Crippen LogP contribution < -0.4 is 10.2 Å². The third kappa shape index (κ3) is 4.88. The van der Waals surface area contributed by atoms with Crippen LogP contribution in [0.1, 0.15) is 5.56 Å². The van der Waals surface area contributed by atoms with Gasteiger partial charge in [-0.2, -0.15) is 0 Å². The van der Waals surface area contributed by atoms with Crippen molar-refractivity contribution in [1.82, 2.24) is 4.90 Å². The molecule has 1 heterocycles. The summed E-state index contributed by atoms with van der Waals surface area (Å²) in [5.74, 6) is -0.306. The molecule has 2 aromatic rings. The summed E-state index contributed by atoms with van der Waals surface area (Å²) in [6, 6.07) is 12.1. The van der Waals surface area contributed by atoms with Crippen molar-refractivity contribution in [3.8, 4) is 0 Å². The minimum absolute atomic E-state index is 0.0627. The Labute approximate surface area is 168 Å². The number of nitrogens with one attached hydrogen (secondary N) is 1. The van der Waals surface area contributed by atoms with Crippen LogP contribution in [-0.4, -0.2) is 49.0 Å². The minimum Gasteiger partial charge on any atom is -0.367 e. The summed E-state index contributed by atoms with van der Waals surface area (Å²) in [5.41, 5.74) is 2.06. The van der Waals surface area contributed by atoms with Crippen molar-refractivity contribution >= 4 is 40.6 Å². The Morgan fingerprint density at radius 3 is 2.61 bits per heavy atom. The summed E-state index contributed by atoms with van der Waals surface area (Å²) >= 11 is 5.81. The van der Waals surface area contributed by atoms with E-state index in [0.29, 0.717) is 5.56 Å². The Morgan fingerprint density at radius 2 is 1.89 bits per heavy atom. The van der Waals surface area contributed by atoms with Crippen LogP contribution in [0.3, 0.4) is 0 Å². The van der Waals surface area contributed by atoms with Crippen LogP contribution in [0.4, 0.5) is 17.1 Å². The lowest BCUT2D eigenvalue weighted by Gasteiger charge is -2.35. The fraction of sp³-hybridized carbons (Fsp3) is 0.250. The SMILES string of the molecule is CN1CCN(c2ccccc2NC(=O)/C=C/c2ccc(Cl)c([N+](=O)[O-])c2)CC1. The molecule has 0 aromatic heterocycles. The standard InChI is InChI=1S/C20H21ClN4O3/c1-23-10-12-24(13-11-23)18-5-3-2-4-17(18)22-20(26)9-7-15-6-8-16(21)19(14-15)25(27)28/h2-9,14H,10-13H2,1H3,(H,22,26)/b9-7+. The first-order valence-corrected chi connectivity index (χ1v) is 9.27. The van der Waals surface area contributed by atoms with E-state index in [1.54, 1.807) is 6.07 Å². The van der Waals surface area contributed by atoms with Gasteiger partial charge < -0.3 is 15.1 Å². The second kappa shape index (κ2) is 8.86. The lowest BCUT2D eigenvalue weighted by atomic mass is 10.2. The topological polar surface area (TPSA) is 78.7 Å². The molecule has 1 amide bonds. The Bertz CT molecular complexity index is 908. The molecular formula is C20H21ClN4O3. The predicted molar refractivity (Wildman–Crippen MR) is 112 cm³/mol. The van der Waals surface area contributed by atoms with Crippen molar-refractivity contribution in [2.75, 3.05) is 43.4 Å². The Balaban J connectivity index is 1.71. The highest BCUT2D eigenvalue weighted by Gasteiger charge is 2.17. The molecule has 1 N–H and O–H groups in total. The molecule has 1 saturated heterocycles. The first-order chi connectivity index (χ1) is 13.4. The number of nitro groups is 1. The molecule has 0 atom stereocenters. The van der Waals surface area contributed by atoms with Gasteiger partial charge in [0.15, 0.2) is 0 Å². The fourth-order valence-electron chi connectivity index (χ4n) is 3.02. The molecule has 28 heavy (non-hydrogen) atoms. The number of hydrogen-bond donors (Lipinski definition) is 1. The monoisotopic (exact) mass is 400 g/mol. The summed E-state index contributed by atoms with van der Waals surface area (Å²) in [6.45, 7) is 3.73. The van der Waals surface area contributed by atoms with Crippen LogP contribution in [0.5, 0.6) is 0 Å². The Kier molecular flexibility index (Phi) is 6.28. The molecule has 0 radical (unpaired) electrons. The fourth-order valence-corrected chi connectivity index (χ4v) is 3.21. The van der Waals surface area contributed by atoms with Crippen molar-refractivity contribution in [3.05, 3.63) is 69.2 Å². The van der Waals surface area contributed by atoms with Gasteiger partial charge in [-0.15, -0.1) is 0 Å². The van der Waals surface area contributed by atoms with Gasteiger partial charge in [0.1, 0.15) is 5.02 Å². The molecule has 0 bridgehead atoms. The van der Waals surface area contributed by atoms with E-state index in [-0.39, 0.29) is 16.6 Å². The van der Waals surface area contributed by atoms with Gasteiger partial charge in [0, 0.05) is 38.3 Å².